The van der Waals surface area contributed by atoms with Gasteiger partial charge in [-0.3, -0.25) is 14.2 Å². The molecule has 4 aromatic rings. The summed E-state index contributed by atoms with van der Waals surface area (Å²) >= 11 is 1.45. The molecule has 0 saturated carbocycles. The van der Waals surface area contributed by atoms with Crippen molar-refractivity contribution in [1.29, 1.82) is 0 Å². The first kappa shape index (κ1) is 23.8. The topological polar surface area (TPSA) is 108 Å². The Morgan fingerprint density at radius 3 is 2.67 bits per heavy atom. The number of fused-ring (bicyclic) bond motifs is 2. The molecule has 36 heavy (non-hydrogen) atoms. The van der Waals surface area contributed by atoms with Crippen LogP contribution in [0.15, 0.2) is 70.7 Å². The largest absolute Gasteiger partial charge is 0.462 e. The number of rotatable bonds is 8. The zero-order valence-electron chi connectivity index (χ0n) is 19.7. The van der Waals surface area contributed by atoms with Crippen LogP contribution in [0.4, 0.5) is 5.69 Å². The summed E-state index contributed by atoms with van der Waals surface area (Å²) in [6.07, 6.45) is 3.43. The second kappa shape index (κ2) is 10.4. The smallest absolute Gasteiger partial charge is 0.338 e. The number of amides is 1. The van der Waals surface area contributed by atoms with E-state index in [0.717, 1.165) is 18.5 Å². The number of ether oxygens (including phenoxy) is 1. The number of hydrogen-bond acceptors (Lipinski definition) is 7. The number of benzene rings is 2. The van der Waals surface area contributed by atoms with Crippen LogP contribution in [0.2, 0.25) is 0 Å². The van der Waals surface area contributed by atoms with Gasteiger partial charge in [-0.25, -0.2) is 14.5 Å². The van der Waals surface area contributed by atoms with Crippen molar-refractivity contribution in [3.63, 3.8) is 0 Å². The van der Waals surface area contributed by atoms with Crippen LogP contribution in [-0.4, -0.2) is 43.6 Å². The molecule has 1 aliphatic rings. The van der Waals surface area contributed by atoms with Gasteiger partial charge < -0.3 is 10.1 Å². The lowest BCUT2D eigenvalue weighted by atomic mass is 10.2. The molecule has 10 heteroatoms. The zero-order valence-corrected chi connectivity index (χ0v) is 20.5. The number of unbranched alkanes of at least 4 members (excludes halogenated alkanes) is 1. The molecule has 0 spiro atoms. The lowest BCUT2D eigenvalue weighted by molar-refractivity contribution is -0.116. The molecular formula is C26H25N5O4S. The molecule has 5 rings (SSSR count). The number of thioether (sulfide) groups is 1. The molecule has 1 amide bonds. The quantitative estimate of drug-likeness (QED) is 0.218. The van der Waals surface area contributed by atoms with Crippen LogP contribution >= 0.6 is 11.8 Å². The number of aromatic nitrogens is 4. The first-order valence-corrected chi connectivity index (χ1v) is 12.8. The van der Waals surface area contributed by atoms with Crippen molar-refractivity contribution in [3.05, 3.63) is 76.7 Å². The standard InChI is InChI=1S/C26H25N5O4S/c1-2-3-13-35-25(34)17-9-11-18(12-10-17)28-22(32)14-20-16-36-26-29-23-21(24(33)30(20)26)15-27-31(23)19-7-5-4-6-8-19/h4-12,15,20H,2-3,13-14,16H2,1H3,(H,28,32). The van der Waals surface area contributed by atoms with Gasteiger partial charge in [0.1, 0.15) is 5.39 Å². The van der Waals surface area contributed by atoms with Gasteiger partial charge in [0.15, 0.2) is 10.8 Å². The summed E-state index contributed by atoms with van der Waals surface area (Å²) in [6.45, 7) is 2.42. The number of hydrogen-bond donors (Lipinski definition) is 1. The fourth-order valence-corrected chi connectivity index (χ4v) is 5.18. The third-order valence-electron chi connectivity index (χ3n) is 5.93. The number of nitrogens with zero attached hydrogens (tertiary/aromatic N) is 4. The molecule has 3 heterocycles. The summed E-state index contributed by atoms with van der Waals surface area (Å²) in [5.74, 6) is -0.0304. The van der Waals surface area contributed by atoms with E-state index in [-0.39, 0.29) is 29.9 Å². The molecule has 0 fully saturated rings. The predicted octanol–water partition coefficient (Wildman–Crippen LogP) is 4.21. The number of carbonyl (C=O) groups excluding carboxylic acids is 2. The molecule has 1 atom stereocenters. The van der Waals surface area contributed by atoms with E-state index in [4.69, 9.17) is 9.72 Å². The molecule has 1 N–H and O–H groups in total. The molecule has 0 bridgehead atoms. The van der Waals surface area contributed by atoms with Crippen molar-refractivity contribution >= 4 is 40.4 Å². The highest BCUT2D eigenvalue weighted by atomic mass is 32.2. The minimum atomic E-state index is -0.380. The maximum atomic E-state index is 13.3. The van der Waals surface area contributed by atoms with Crippen LogP contribution in [0, 0.1) is 0 Å². The fraction of sp³-hybridized carbons (Fsp3) is 0.269. The van der Waals surface area contributed by atoms with Gasteiger partial charge in [0.2, 0.25) is 5.91 Å². The minimum Gasteiger partial charge on any atom is -0.462 e. The van der Waals surface area contributed by atoms with Gasteiger partial charge in [-0.1, -0.05) is 43.3 Å². The van der Waals surface area contributed by atoms with E-state index in [2.05, 4.69) is 10.4 Å². The molecule has 2 aromatic carbocycles. The first-order chi connectivity index (χ1) is 17.5. The molecule has 0 saturated heterocycles. The first-order valence-electron chi connectivity index (χ1n) is 11.8. The van der Waals surface area contributed by atoms with Crippen molar-refractivity contribution in [2.24, 2.45) is 0 Å². The lowest BCUT2D eigenvalue weighted by Gasteiger charge is -2.13. The fourth-order valence-electron chi connectivity index (χ4n) is 4.05. The van der Waals surface area contributed by atoms with Crippen molar-refractivity contribution in [2.45, 2.75) is 37.4 Å². The Labute approximate surface area is 211 Å². The van der Waals surface area contributed by atoms with Gasteiger partial charge in [0.25, 0.3) is 5.56 Å². The monoisotopic (exact) mass is 503 g/mol. The molecule has 9 nitrogen and oxygen atoms in total. The number of carbonyl (C=O) groups is 2. The Balaban J connectivity index is 1.28. The van der Waals surface area contributed by atoms with Crippen molar-refractivity contribution in [1.82, 2.24) is 19.3 Å². The SMILES string of the molecule is CCCCOC(=O)c1ccc(NC(=O)CC2CSc3nc4c(cnn4-c4ccccc4)c(=O)n32)cc1. The van der Waals surface area contributed by atoms with E-state index in [1.54, 1.807) is 33.5 Å². The maximum Gasteiger partial charge on any atom is 0.338 e. The molecule has 1 aliphatic heterocycles. The predicted molar refractivity (Wildman–Crippen MR) is 138 cm³/mol. The van der Waals surface area contributed by atoms with E-state index in [1.807, 2.05) is 37.3 Å². The van der Waals surface area contributed by atoms with Gasteiger partial charge in [-0.2, -0.15) is 5.10 Å². The molecular weight excluding hydrogens is 478 g/mol. The highest BCUT2D eigenvalue weighted by Gasteiger charge is 2.29. The Morgan fingerprint density at radius 1 is 1.14 bits per heavy atom. The summed E-state index contributed by atoms with van der Waals surface area (Å²) in [7, 11) is 0. The Kier molecular flexibility index (Phi) is 6.86. The van der Waals surface area contributed by atoms with Gasteiger partial charge in [-0.05, 0) is 42.8 Å². The van der Waals surface area contributed by atoms with E-state index in [9.17, 15) is 14.4 Å². The van der Waals surface area contributed by atoms with Crippen LogP contribution in [0.25, 0.3) is 16.7 Å². The number of para-hydroxylation sites is 1. The minimum absolute atomic E-state index is 0.126. The van der Waals surface area contributed by atoms with Crippen LogP contribution in [0.1, 0.15) is 42.6 Å². The average molecular weight is 504 g/mol. The second-order valence-corrected chi connectivity index (χ2v) is 9.47. The van der Waals surface area contributed by atoms with Gasteiger partial charge in [-0.15, -0.1) is 0 Å². The Hall–Kier alpha value is -3.92. The summed E-state index contributed by atoms with van der Waals surface area (Å²) < 4.78 is 8.46. The Morgan fingerprint density at radius 2 is 1.92 bits per heavy atom. The third-order valence-corrected chi connectivity index (χ3v) is 7.03. The molecule has 0 radical (unpaired) electrons. The van der Waals surface area contributed by atoms with Crippen LogP contribution in [0.3, 0.4) is 0 Å². The van der Waals surface area contributed by atoms with E-state index in [0.29, 0.717) is 39.8 Å². The molecule has 0 aliphatic carbocycles. The summed E-state index contributed by atoms with van der Waals surface area (Å²) in [5, 5.41) is 8.21. The molecule has 184 valence electrons. The van der Waals surface area contributed by atoms with Gasteiger partial charge in [0, 0.05) is 17.9 Å². The van der Waals surface area contributed by atoms with Crippen LogP contribution in [-0.2, 0) is 9.53 Å². The highest BCUT2D eigenvalue weighted by Crippen LogP contribution is 2.33. The van der Waals surface area contributed by atoms with E-state index >= 15 is 0 Å². The van der Waals surface area contributed by atoms with Crippen molar-refractivity contribution in [2.75, 3.05) is 17.7 Å². The number of nitrogens with one attached hydrogen (secondary N) is 1. The Bertz CT molecular complexity index is 1460. The number of esters is 1. The highest BCUT2D eigenvalue weighted by molar-refractivity contribution is 7.99. The van der Waals surface area contributed by atoms with Crippen molar-refractivity contribution < 1.29 is 14.3 Å². The van der Waals surface area contributed by atoms with Crippen LogP contribution < -0.4 is 10.9 Å². The van der Waals surface area contributed by atoms with E-state index < -0.39 is 0 Å². The van der Waals surface area contributed by atoms with Crippen LogP contribution in [0.5, 0.6) is 0 Å². The zero-order chi connectivity index (χ0) is 25.1. The summed E-state index contributed by atoms with van der Waals surface area (Å²) in [6, 6.07) is 15.8. The summed E-state index contributed by atoms with van der Waals surface area (Å²) in [5.41, 5.74) is 2.13. The summed E-state index contributed by atoms with van der Waals surface area (Å²) in [4.78, 5) is 42.8. The van der Waals surface area contributed by atoms with Crippen molar-refractivity contribution in [3.8, 4) is 5.69 Å². The average Bonchev–Trinajstić information content (AvgIpc) is 3.50. The number of anilines is 1. The van der Waals surface area contributed by atoms with Gasteiger partial charge in [0.05, 0.1) is 30.1 Å². The van der Waals surface area contributed by atoms with Gasteiger partial charge >= 0.3 is 5.97 Å². The third kappa shape index (κ3) is 4.76. The molecule has 1 unspecified atom stereocenters. The second-order valence-electron chi connectivity index (χ2n) is 8.48. The maximum absolute atomic E-state index is 13.3. The molecule has 2 aromatic heterocycles. The van der Waals surface area contributed by atoms with E-state index in [1.165, 1.54) is 18.0 Å². The lowest BCUT2D eigenvalue weighted by Crippen LogP contribution is -2.27. The normalized spacial score (nSPS) is 14.5.